The van der Waals surface area contributed by atoms with Crippen LogP contribution in [-0.4, -0.2) is 26.8 Å². The molecule has 0 aliphatic heterocycles. The first kappa shape index (κ1) is 19.4. The van der Waals surface area contributed by atoms with E-state index in [1.165, 1.54) is 30.7 Å². The van der Waals surface area contributed by atoms with E-state index < -0.39 is 26.9 Å². The molecule has 0 saturated heterocycles. The van der Waals surface area contributed by atoms with Crippen molar-refractivity contribution in [2.24, 2.45) is 0 Å². The smallest absolute Gasteiger partial charge is 0.309 e. The van der Waals surface area contributed by atoms with Crippen LogP contribution in [0.15, 0.2) is 80.9 Å². The molecule has 2 heterocycles. The summed E-state index contributed by atoms with van der Waals surface area (Å²) < 4.78 is 36.3. The third-order valence-corrected chi connectivity index (χ3v) is 6.04. The fraction of sp³-hybridized carbons (Fsp3) is 0.158. The molecule has 0 radical (unpaired) electrons. The fourth-order valence-electron chi connectivity index (χ4n) is 2.54. The summed E-state index contributed by atoms with van der Waals surface area (Å²) in [7, 11) is -3.85. The van der Waals surface area contributed by atoms with Gasteiger partial charge in [0.05, 0.1) is 24.0 Å². The molecule has 0 bridgehead atoms. The van der Waals surface area contributed by atoms with Crippen molar-refractivity contribution in [2.45, 2.75) is 16.7 Å². The lowest BCUT2D eigenvalue weighted by Crippen LogP contribution is -2.42. The molecule has 0 aliphatic rings. The molecule has 3 aromatic rings. The van der Waals surface area contributed by atoms with E-state index in [4.69, 9.17) is 8.83 Å². The minimum Gasteiger partial charge on any atom is -0.468 e. The van der Waals surface area contributed by atoms with Crippen LogP contribution in [0.2, 0.25) is 0 Å². The topological polar surface area (TPSA) is 119 Å². The van der Waals surface area contributed by atoms with E-state index in [0.29, 0.717) is 5.76 Å². The zero-order chi connectivity index (χ0) is 20.0. The molecule has 2 amide bonds. The average Bonchev–Trinajstić information content (AvgIpc) is 3.41. The first-order valence-corrected chi connectivity index (χ1v) is 9.94. The van der Waals surface area contributed by atoms with Crippen molar-refractivity contribution in [3.63, 3.8) is 0 Å². The van der Waals surface area contributed by atoms with Crippen LogP contribution in [0.3, 0.4) is 0 Å². The van der Waals surface area contributed by atoms with Gasteiger partial charge in [-0.3, -0.25) is 9.59 Å². The van der Waals surface area contributed by atoms with E-state index in [9.17, 15) is 18.0 Å². The van der Waals surface area contributed by atoms with Crippen LogP contribution >= 0.6 is 0 Å². The number of hydrogen-bond acceptors (Lipinski definition) is 6. The number of benzene rings is 1. The average molecular weight is 402 g/mol. The molecule has 0 fully saturated rings. The molecule has 2 aromatic heterocycles. The predicted octanol–water partition coefficient (Wildman–Crippen LogP) is 1.82. The van der Waals surface area contributed by atoms with Gasteiger partial charge in [-0.05, 0) is 36.4 Å². The Morgan fingerprint density at radius 2 is 1.54 bits per heavy atom. The lowest BCUT2D eigenvalue weighted by atomic mass is 10.3. The Morgan fingerprint density at radius 3 is 2.18 bits per heavy atom. The maximum atomic E-state index is 13.0. The molecule has 1 aromatic carbocycles. The molecule has 0 spiro atoms. The summed E-state index contributed by atoms with van der Waals surface area (Å²) in [5.41, 5.74) is 0. The van der Waals surface area contributed by atoms with Gasteiger partial charge in [0.2, 0.25) is 0 Å². The Balaban J connectivity index is 1.69. The van der Waals surface area contributed by atoms with Gasteiger partial charge in [0.1, 0.15) is 16.8 Å². The van der Waals surface area contributed by atoms with Gasteiger partial charge in [-0.25, -0.2) is 8.42 Å². The second kappa shape index (κ2) is 8.57. The number of carbonyl (C=O) groups is 2. The van der Waals surface area contributed by atoms with Crippen molar-refractivity contribution in [1.82, 2.24) is 10.6 Å². The molecule has 146 valence electrons. The number of sulfone groups is 1. The van der Waals surface area contributed by atoms with Gasteiger partial charge in [0, 0.05) is 6.54 Å². The zero-order valence-corrected chi connectivity index (χ0v) is 15.5. The Morgan fingerprint density at radius 1 is 0.857 bits per heavy atom. The van der Waals surface area contributed by atoms with Crippen LogP contribution in [0.1, 0.15) is 16.8 Å². The van der Waals surface area contributed by atoms with Crippen molar-refractivity contribution in [1.29, 1.82) is 0 Å². The minimum absolute atomic E-state index is 0.0448. The van der Waals surface area contributed by atoms with Gasteiger partial charge in [-0.15, -0.1) is 0 Å². The summed E-state index contributed by atoms with van der Waals surface area (Å²) in [5.74, 6) is -1.19. The number of hydrogen-bond donors (Lipinski definition) is 2. The van der Waals surface area contributed by atoms with E-state index in [2.05, 4.69) is 10.6 Å². The van der Waals surface area contributed by atoms with Crippen molar-refractivity contribution >= 4 is 21.7 Å². The highest BCUT2D eigenvalue weighted by atomic mass is 32.2. The van der Waals surface area contributed by atoms with Gasteiger partial charge >= 0.3 is 11.8 Å². The molecule has 1 atom stereocenters. The van der Waals surface area contributed by atoms with Crippen LogP contribution in [0.4, 0.5) is 0 Å². The van der Waals surface area contributed by atoms with Gasteiger partial charge in [-0.2, -0.15) is 0 Å². The van der Waals surface area contributed by atoms with E-state index >= 15 is 0 Å². The number of nitrogens with one attached hydrogen (secondary N) is 2. The van der Waals surface area contributed by atoms with Gasteiger partial charge in [-0.1, -0.05) is 18.2 Å². The zero-order valence-electron chi connectivity index (χ0n) is 14.7. The Bertz CT molecular complexity index is 1010. The van der Waals surface area contributed by atoms with Gasteiger partial charge in [0.15, 0.2) is 9.84 Å². The van der Waals surface area contributed by atoms with Crippen LogP contribution < -0.4 is 10.6 Å². The maximum Gasteiger partial charge on any atom is 0.309 e. The molecule has 0 saturated carbocycles. The maximum absolute atomic E-state index is 13.0. The summed E-state index contributed by atoms with van der Waals surface area (Å²) in [5, 5.41) is 3.58. The molecule has 1 unspecified atom stereocenters. The molecule has 28 heavy (non-hydrogen) atoms. The fourth-order valence-corrected chi connectivity index (χ4v) is 4.15. The Labute approximate surface area is 161 Å². The van der Waals surface area contributed by atoms with E-state index in [1.807, 2.05) is 0 Å². The molecular formula is C19H18N2O6S. The Hall–Kier alpha value is -3.33. The van der Waals surface area contributed by atoms with E-state index in [1.54, 1.807) is 36.4 Å². The molecule has 9 heteroatoms. The highest BCUT2D eigenvalue weighted by Crippen LogP contribution is 2.28. The van der Waals surface area contributed by atoms with Crippen LogP contribution in [0, 0.1) is 0 Å². The number of rotatable bonds is 7. The molecule has 3 rings (SSSR count). The minimum atomic E-state index is -3.85. The van der Waals surface area contributed by atoms with E-state index in [-0.39, 0.29) is 23.7 Å². The van der Waals surface area contributed by atoms with Crippen molar-refractivity contribution in [3.8, 4) is 0 Å². The lowest BCUT2D eigenvalue weighted by molar-refractivity contribution is -0.139. The summed E-state index contributed by atoms with van der Waals surface area (Å²) in [4.78, 5) is 24.1. The summed E-state index contributed by atoms with van der Waals surface area (Å²) in [6.45, 7) is -0.277. The number of carbonyl (C=O) groups excluding carboxylic acids is 2. The lowest BCUT2D eigenvalue weighted by Gasteiger charge is -2.16. The quantitative estimate of drug-likeness (QED) is 0.582. The Kier molecular flexibility index (Phi) is 5.95. The third-order valence-electron chi connectivity index (χ3n) is 3.96. The molecule has 0 aliphatic carbocycles. The summed E-state index contributed by atoms with van der Waals surface area (Å²) in [6, 6.07) is 14.2. The normalized spacial score (nSPS) is 12.3. The van der Waals surface area contributed by atoms with Crippen molar-refractivity contribution < 1.29 is 26.8 Å². The largest absolute Gasteiger partial charge is 0.468 e. The molecular weight excluding hydrogens is 384 g/mol. The first-order chi connectivity index (χ1) is 13.5. The first-order valence-electron chi connectivity index (χ1n) is 8.39. The molecule has 8 nitrogen and oxygen atoms in total. The van der Waals surface area contributed by atoms with Crippen LogP contribution in [0.25, 0.3) is 0 Å². The predicted molar refractivity (Wildman–Crippen MR) is 98.6 cm³/mol. The number of furan rings is 2. The summed E-state index contributed by atoms with van der Waals surface area (Å²) in [6.07, 6.45) is 2.80. The monoisotopic (exact) mass is 402 g/mol. The summed E-state index contributed by atoms with van der Waals surface area (Å²) >= 11 is 0. The second-order valence-electron chi connectivity index (χ2n) is 5.83. The molecule has 2 N–H and O–H groups in total. The van der Waals surface area contributed by atoms with E-state index in [0.717, 1.165) is 0 Å². The van der Waals surface area contributed by atoms with Crippen LogP contribution in [0.5, 0.6) is 0 Å². The van der Waals surface area contributed by atoms with Crippen molar-refractivity contribution in [3.05, 3.63) is 78.6 Å². The number of amides is 2. The standard InChI is InChI=1S/C19H18N2O6S/c22-18(20-12-14-6-4-10-26-14)19(23)21-13-17(16-9-5-11-27-16)28(24,25)15-7-2-1-3-8-15/h1-11,17H,12-13H2,(H,20,22)(H,21,23). The van der Waals surface area contributed by atoms with Gasteiger partial charge < -0.3 is 19.5 Å². The highest BCUT2D eigenvalue weighted by Gasteiger charge is 2.32. The third kappa shape index (κ3) is 4.49. The second-order valence-corrected chi connectivity index (χ2v) is 7.96. The van der Waals surface area contributed by atoms with Gasteiger partial charge in [0.25, 0.3) is 0 Å². The highest BCUT2D eigenvalue weighted by molar-refractivity contribution is 7.91. The van der Waals surface area contributed by atoms with Crippen LogP contribution in [-0.2, 0) is 26.0 Å². The SMILES string of the molecule is O=C(NCc1ccco1)C(=O)NCC(c1ccco1)S(=O)(=O)c1ccccc1. The van der Waals surface area contributed by atoms with Crippen molar-refractivity contribution in [2.75, 3.05) is 6.54 Å².